The van der Waals surface area contributed by atoms with Gasteiger partial charge >= 0.3 is 0 Å². The van der Waals surface area contributed by atoms with Gasteiger partial charge in [0.1, 0.15) is 5.76 Å². The molecule has 1 aromatic rings. The number of hydrogen-bond acceptors (Lipinski definition) is 5. The number of aliphatic hydroxyl groups is 1. The molecule has 1 rings (SSSR count). The van der Waals surface area contributed by atoms with Crippen molar-refractivity contribution >= 4 is 9.84 Å². The average molecular weight is 233 g/mol. The molecule has 0 unspecified atom stereocenters. The van der Waals surface area contributed by atoms with Gasteiger partial charge in [-0.3, -0.25) is 0 Å². The molecule has 5 nitrogen and oxygen atoms in total. The van der Waals surface area contributed by atoms with Crippen LogP contribution in [-0.2, 0) is 15.6 Å². The highest BCUT2D eigenvalue weighted by molar-refractivity contribution is 7.90. The molecule has 15 heavy (non-hydrogen) atoms. The van der Waals surface area contributed by atoms with Gasteiger partial charge in [-0.2, -0.15) is 0 Å². The Morgan fingerprint density at radius 3 is 2.53 bits per heavy atom. The SMILES string of the molecule is Cc1noc(C)c1CS(=O)(=O)CCCO. The zero-order valence-corrected chi connectivity index (χ0v) is 9.67. The topological polar surface area (TPSA) is 80.4 Å². The van der Waals surface area contributed by atoms with E-state index in [1.54, 1.807) is 13.8 Å². The maximum Gasteiger partial charge on any atom is 0.154 e. The molecule has 0 radical (unpaired) electrons. The van der Waals surface area contributed by atoms with Crippen molar-refractivity contribution in [2.75, 3.05) is 12.4 Å². The molecule has 0 aromatic carbocycles. The lowest BCUT2D eigenvalue weighted by atomic mass is 10.2. The number of aromatic nitrogens is 1. The standard InChI is InChI=1S/C9H15NO4S/c1-7-9(8(2)14-10-7)6-15(12,13)5-3-4-11/h11H,3-6H2,1-2H3. The van der Waals surface area contributed by atoms with Crippen molar-refractivity contribution in [1.82, 2.24) is 5.16 Å². The fraction of sp³-hybridized carbons (Fsp3) is 0.667. The van der Waals surface area contributed by atoms with Crippen LogP contribution in [0.25, 0.3) is 0 Å². The number of rotatable bonds is 5. The lowest BCUT2D eigenvalue weighted by Gasteiger charge is -2.02. The first kappa shape index (κ1) is 12.2. The van der Waals surface area contributed by atoms with E-state index in [0.717, 1.165) is 0 Å². The number of nitrogens with zero attached hydrogens (tertiary/aromatic N) is 1. The van der Waals surface area contributed by atoms with Gasteiger partial charge in [0.05, 0.1) is 17.2 Å². The summed E-state index contributed by atoms with van der Waals surface area (Å²) in [4.78, 5) is 0. The normalized spacial score (nSPS) is 11.9. The minimum absolute atomic E-state index is 0.00639. The summed E-state index contributed by atoms with van der Waals surface area (Å²) in [7, 11) is -3.17. The molecule has 0 aliphatic rings. The van der Waals surface area contributed by atoms with E-state index in [1.165, 1.54) is 0 Å². The highest BCUT2D eigenvalue weighted by Crippen LogP contribution is 2.16. The fourth-order valence-corrected chi connectivity index (χ4v) is 2.85. The van der Waals surface area contributed by atoms with E-state index >= 15 is 0 Å². The number of hydrogen-bond donors (Lipinski definition) is 1. The molecule has 0 spiro atoms. The Kier molecular flexibility index (Phi) is 3.87. The molecule has 86 valence electrons. The highest BCUT2D eigenvalue weighted by atomic mass is 32.2. The van der Waals surface area contributed by atoms with Crippen molar-refractivity contribution in [3.8, 4) is 0 Å². The first-order chi connectivity index (χ1) is 6.96. The van der Waals surface area contributed by atoms with Crippen LogP contribution in [0.3, 0.4) is 0 Å². The zero-order valence-electron chi connectivity index (χ0n) is 8.86. The molecule has 0 amide bonds. The van der Waals surface area contributed by atoms with Gasteiger partial charge in [0.25, 0.3) is 0 Å². The van der Waals surface area contributed by atoms with Crippen LogP contribution in [0, 0.1) is 13.8 Å². The van der Waals surface area contributed by atoms with Gasteiger partial charge in [0, 0.05) is 12.2 Å². The molecule has 6 heteroatoms. The summed E-state index contributed by atoms with van der Waals surface area (Å²) in [6.45, 7) is 3.30. The molecule has 1 aromatic heterocycles. The summed E-state index contributed by atoms with van der Waals surface area (Å²) < 4.78 is 28.0. The van der Waals surface area contributed by atoms with Crippen LogP contribution in [0.2, 0.25) is 0 Å². The monoisotopic (exact) mass is 233 g/mol. The third kappa shape index (κ3) is 3.32. The third-order valence-electron chi connectivity index (χ3n) is 2.16. The largest absolute Gasteiger partial charge is 0.396 e. The summed E-state index contributed by atoms with van der Waals surface area (Å²) in [5.74, 6) is 0.474. The number of sulfone groups is 1. The summed E-state index contributed by atoms with van der Waals surface area (Å²) in [6.07, 6.45) is 0.270. The maximum atomic E-state index is 11.6. The van der Waals surface area contributed by atoms with Crippen molar-refractivity contribution in [2.45, 2.75) is 26.0 Å². The van der Waals surface area contributed by atoms with Crippen molar-refractivity contribution in [2.24, 2.45) is 0 Å². The average Bonchev–Trinajstić information content (AvgIpc) is 2.46. The highest BCUT2D eigenvalue weighted by Gasteiger charge is 2.17. The number of aliphatic hydroxyl groups excluding tert-OH is 1. The minimum Gasteiger partial charge on any atom is -0.396 e. The Labute approximate surface area is 89.0 Å². The van der Waals surface area contributed by atoms with Crippen molar-refractivity contribution in [3.63, 3.8) is 0 Å². The fourth-order valence-electron chi connectivity index (χ4n) is 1.28. The Balaban J connectivity index is 2.77. The molecule has 0 saturated heterocycles. The second-order valence-electron chi connectivity index (χ2n) is 3.47. The van der Waals surface area contributed by atoms with Gasteiger partial charge in [0.15, 0.2) is 9.84 Å². The van der Waals surface area contributed by atoms with Gasteiger partial charge < -0.3 is 9.63 Å². The molecule has 0 bridgehead atoms. The second kappa shape index (κ2) is 4.76. The van der Waals surface area contributed by atoms with E-state index in [-0.39, 0.29) is 24.5 Å². The third-order valence-corrected chi connectivity index (χ3v) is 3.80. The Morgan fingerprint density at radius 1 is 1.40 bits per heavy atom. The van der Waals surface area contributed by atoms with Gasteiger partial charge in [-0.15, -0.1) is 0 Å². The van der Waals surface area contributed by atoms with E-state index in [9.17, 15) is 8.42 Å². The van der Waals surface area contributed by atoms with Crippen LogP contribution >= 0.6 is 0 Å². The van der Waals surface area contributed by atoms with E-state index < -0.39 is 9.84 Å². The van der Waals surface area contributed by atoms with E-state index in [2.05, 4.69) is 5.16 Å². The van der Waals surface area contributed by atoms with Crippen LogP contribution in [0.4, 0.5) is 0 Å². The zero-order chi connectivity index (χ0) is 11.5. The lowest BCUT2D eigenvalue weighted by Crippen LogP contribution is -2.11. The summed E-state index contributed by atoms with van der Waals surface area (Å²) in [5, 5.41) is 12.3. The van der Waals surface area contributed by atoms with Gasteiger partial charge in [0.2, 0.25) is 0 Å². The smallest absolute Gasteiger partial charge is 0.154 e. The Morgan fingerprint density at radius 2 is 2.07 bits per heavy atom. The van der Waals surface area contributed by atoms with Crippen LogP contribution in [0.1, 0.15) is 23.4 Å². The molecule has 1 heterocycles. The van der Waals surface area contributed by atoms with Crippen LogP contribution < -0.4 is 0 Å². The Hall–Kier alpha value is -0.880. The maximum absolute atomic E-state index is 11.6. The number of aryl methyl sites for hydroxylation is 2. The lowest BCUT2D eigenvalue weighted by molar-refractivity contribution is 0.295. The molecule has 0 atom stereocenters. The van der Waals surface area contributed by atoms with Gasteiger partial charge in [-0.25, -0.2) is 8.42 Å². The van der Waals surface area contributed by atoms with E-state index in [4.69, 9.17) is 9.63 Å². The molecular weight excluding hydrogens is 218 g/mol. The molecule has 0 fully saturated rings. The quantitative estimate of drug-likeness (QED) is 0.805. The molecule has 1 N–H and O–H groups in total. The minimum atomic E-state index is -3.17. The molecular formula is C9H15NO4S. The van der Waals surface area contributed by atoms with Crippen molar-refractivity contribution in [1.29, 1.82) is 0 Å². The second-order valence-corrected chi connectivity index (χ2v) is 5.66. The van der Waals surface area contributed by atoms with Crippen molar-refractivity contribution < 1.29 is 18.0 Å². The predicted molar refractivity (Wildman–Crippen MR) is 55.2 cm³/mol. The van der Waals surface area contributed by atoms with E-state index in [0.29, 0.717) is 17.0 Å². The molecule has 0 saturated carbocycles. The summed E-state index contributed by atoms with van der Waals surface area (Å²) >= 11 is 0. The summed E-state index contributed by atoms with van der Waals surface area (Å²) in [6, 6.07) is 0. The van der Waals surface area contributed by atoms with Crippen LogP contribution in [-0.4, -0.2) is 31.0 Å². The van der Waals surface area contributed by atoms with Gasteiger partial charge in [-0.1, -0.05) is 5.16 Å². The van der Waals surface area contributed by atoms with Gasteiger partial charge in [-0.05, 0) is 20.3 Å². The molecule has 0 aliphatic carbocycles. The molecule has 0 aliphatic heterocycles. The first-order valence-corrected chi connectivity index (χ1v) is 6.51. The Bertz CT molecular complexity index is 402. The predicted octanol–water partition coefficient (Wildman–Crippen LogP) is 0.589. The van der Waals surface area contributed by atoms with Crippen LogP contribution in [0.15, 0.2) is 4.52 Å². The van der Waals surface area contributed by atoms with Crippen LogP contribution in [0.5, 0.6) is 0 Å². The van der Waals surface area contributed by atoms with E-state index in [1.807, 2.05) is 0 Å². The first-order valence-electron chi connectivity index (χ1n) is 4.69. The van der Waals surface area contributed by atoms with Crippen molar-refractivity contribution in [3.05, 3.63) is 17.0 Å². The summed E-state index contributed by atoms with van der Waals surface area (Å²) in [5.41, 5.74) is 1.24.